The molecular formula is C22H13ClO4. The van der Waals surface area contributed by atoms with E-state index >= 15 is 0 Å². The average molecular weight is 377 g/mol. The van der Waals surface area contributed by atoms with Crippen LogP contribution in [0.3, 0.4) is 0 Å². The number of fused-ring (bicyclic) bond motifs is 1. The maximum atomic E-state index is 12.7. The Kier molecular flexibility index (Phi) is 4.21. The largest absolute Gasteiger partial charge is 0.290 e. The van der Waals surface area contributed by atoms with Crippen molar-refractivity contribution in [1.29, 1.82) is 0 Å². The minimum Gasteiger partial charge on any atom is -0.290 e. The number of ketones is 4. The van der Waals surface area contributed by atoms with Crippen molar-refractivity contribution in [1.82, 2.24) is 0 Å². The molecule has 0 atom stereocenters. The quantitative estimate of drug-likeness (QED) is 0.505. The molecule has 0 radical (unpaired) electrons. The molecule has 3 aromatic carbocycles. The molecule has 1 saturated carbocycles. The van der Waals surface area contributed by atoms with Crippen molar-refractivity contribution in [3.8, 4) is 0 Å². The van der Waals surface area contributed by atoms with Crippen molar-refractivity contribution in [2.75, 3.05) is 0 Å². The van der Waals surface area contributed by atoms with E-state index in [-0.39, 0.29) is 0 Å². The molecule has 3 aromatic rings. The predicted molar refractivity (Wildman–Crippen MR) is 101 cm³/mol. The van der Waals surface area contributed by atoms with Gasteiger partial charge in [0.05, 0.1) is 0 Å². The Bertz CT molecular complexity index is 1090. The van der Waals surface area contributed by atoms with E-state index in [1.165, 1.54) is 24.3 Å². The van der Waals surface area contributed by atoms with Gasteiger partial charge in [0.2, 0.25) is 23.1 Å². The number of carbonyl (C=O) groups excluding carboxylic acids is 4. The lowest BCUT2D eigenvalue weighted by Crippen LogP contribution is -2.46. The van der Waals surface area contributed by atoms with Crippen molar-refractivity contribution in [3.63, 3.8) is 0 Å². The molecule has 0 saturated heterocycles. The van der Waals surface area contributed by atoms with Gasteiger partial charge in [-0.2, -0.15) is 0 Å². The minimum atomic E-state index is -1.39. The van der Waals surface area contributed by atoms with E-state index in [0.717, 1.165) is 10.8 Å². The van der Waals surface area contributed by atoms with Crippen LogP contribution < -0.4 is 0 Å². The summed E-state index contributed by atoms with van der Waals surface area (Å²) in [6, 6.07) is 18.5. The van der Waals surface area contributed by atoms with Crippen molar-refractivity contribution >= 4 is 45.5 Å². The molecule has 0 N–H and O–H groups in total. The molecule has 0 heterocycles. The van der Waals surface area contributed by atoms with Gasteiger partial charge in [0, 0.05) is 5.02 Å². The summed E-state index contributed by atoms with van der Waals surface area (Å²) in [7, 11) is 0. The molecule has 4 nitrogen and oxygen atoms in total. The zero-order chi connectivity index (χ0) is 19.1. The van der Waals surface area contributed by atoms with Gasteiger partial charge in [-0.3, -0.25) is 19.2 Å². The number of hydrogen-bond acceptors (Lipinski definition) is 4. The number of rotatable bonds is 2. The molecule has 132 valence electrons. The molecule has 4 rings (SSSR count). The van der Waals surface area contributed by atoms with E-state index in [4.69, 9.17) is 11.6 Å². The van der Waals surface area contributed by atoms with Gasteiger partial charge in [-0.1, -0.05) is 60.1 Å². The fourth-order valence-electron chi connectivity index (χ4n) is 3.46. The number of carbonyl (C=O) groups is 4. The minimum absolute atomic E-state index is 0.299. The maximum Gasteiger partial charge on any atom is 0.214 e. The van der Waals surface area contributed by atoms with Gasteiger partial charge in [-0.25, -0.2) is 0 Å². The summed E-state index contributed by atoms with van der Waals surface area (Å²) in [6.45, 7) is 0. The van der Waals surface area contributed by atoms with Gasteiger partial charge in [0.1, 0.15) is 11.8 Å². The number of benzene rings is 3. The Morgan fingerprint density at radius 1 is 0.556 bits per heavy atom. The summed E-state index contributed by atoms with van der Waals surface area (Å²) < 4.78 is 0. The predicted octanol–water partition coefficient (Wildman–Crippen LogP) is 3.65. The van der Waals surface area contributed by atoms with Gasteiger partial charge in [-0.05, 0) is 40.1 Å². The van der Waals surface area contributed by atoms with Crippen LogP contribution in [0.1, 0.15) is 23.0 Å². The Labute approximate surface area is 159 Å². The summed E-state index contributed by atoms with van der Waals surface area (Å²) in [6.07, 6.45) is 0. The number of Topliss-reactive ketones (excluding diaryl/α,β-unsaturated/α-hetero) is 4. The van der Waals surface area contributed by atoms with Crippen LogP contribution in [0.25, 0.3) is 10.8 Å². The van der Waals surface area contributed by atoms with E-state index < -0.39 is 35.0 Å². The molecule has 1 aliphatic rings. The van der Waals surface area contributed by atoms with Gasteiger partial charge in [0.25, 0.3) is 0 Å². The molecule has 1 fully saturated rings. The highest BCUT2D eigenvalue weighted by Crippen LogP contribution is 2.33. The summed E-state index contributed by atoms with van der Waals surface area (Å²) in [5.41, 5.74) is 0.660. The molecule has 0 amide bonds. The van der Waals surface area contributed by atoms with E-state index in [2.05, 4.69) is 0 Å². The molecule has 27 heavy (non-hydrogen) atoms. The first-order chi connectivity index (χ1) is 13.0. The van der Waals surface area contributed by atoms with Gasteiger partial charge < -0.3 is 0 Å². The van der Waals surface area contributed by atoms with Crippen LogP contribution >= 0.6 is 11.6 Å². The van der Waals surface area contributed by atoms with Crippen molar-refractivity contribution < 1.29 is 19.2 Å². The summed E-state index contributed by atoms with van der Waals surface area (Å²) >= 11 is 5.83. The first-order valence-corrected chi connectivity index (χ1v) is 8.75. The third kappa shape index (κ3) is 2.88. The van der Waals surface area contributed by atoms with Crippen LogP contribution in [0, 0.1) is 0 Å². The number of hydrogen-bond donors (Lipinski definition) is 0. The molecule has 5 heteroatoms. The fourth-order valence-corrected chi connectivity index (χ4v) is 3.58. The van der Waals surface area contributed by atoms with E-state index in [1.807, 2.05) is 24.3 Å². The third-order valence-corrected chi connectivity index (χ3v) is 5.10. The van der Waals surface area contributed by atoms with E-state index in [9.17, 15) is 19.2 Å². The average Bonchev–Trinajstić information content (AvgIpc) is 2.68. The normalized spacial score (nSPS) is 20.3. The highest BCUT2D eigenvalue weighted by Gasteiger charge is 2.49. The Morgan fingerprint density at radius 2 is 1.04 bits per heavy atom. The standard InChI is InChI=1S/C22H13ClO4/c23-16-9-7-13(8-10-16)17-19(24)21(26)18(22(27)20(17)25)15-6-5-12-3-1-2-4-14(12)11-15/h1-11,17-18H. The molecule has 0 aliphatic heterocycles. The van der Waals surface area contributed by atoms with Crippen LogP contribution in [-0.2, 0) is 19.2 Å². The first-order valence-electron chi connectivity index (χ1n) is 8.37. The Balaban J connectivity index is 1.75. The van der Waals surface area contributed by atoms with E-state index in [0.29, 0.717) is 16.1 Å². The van der Waals surface area contributed by atoms with Crippen molar-refractivity contribution in [2.45, 2.75) is 11.8 Å². The van der Waals surface area contributed by atoms with Crippen molar-refractivity contribution in [2.24, 2.45) is 0 Å². The second kappa shape index (κ2) is 6.56. The maximum absolute atomic E-state index is 12.7. The fraction of sp³-hybridized carbons (Fsp3) is 0.0909. The topological polar surface area (TPSA) is 68.3 Å². The second-order valence-electron chi connectivity index (χ2n) is 6.48. The van der Waals surface area contributed by atoms with Gasteiger partial charge in [0.15, 0.2) is 0 Å². The smallest absolute Gasteiger partial charge is 0.214 e. The first kappa shape index (κ1) is 17.3. The molecular weight excluding hydrogens is 364 g/mol. The zero-order valence-corrected chi connectivity index (χ0v) is 14.8. The highest BCUT2D eigenvalue weighted by atomic mass is 35.5. The Morgan fingerprint density at radius 3 is 1.63 bits per heavy atom. The highest BCUT2D eigenvalue weighted by molar-refractivity contribution is 6.63. The molecule has 0 spiro atoms. The molecule has 1 aliphatic carbocycles. The second-order valence-corrected chi connectivity index (χ2v) is 6.92. The summed E-state index contributed by atoms with van der Waals surface area (Å²) in [5, 5.41) is 2.20. The third-order valence-electron chi connectivity index (χ3n) is 4.84. The zero-order valence-electron chi connectivity index (χ0n) is 14.0. The molecule has 0 bridgehead atoms. The van der Waals surface area contributed by atoms with Crippen LogP contribution in [0.2, 0.25) is 5.02 Å². The monoisotopic (exact) mass is 376 g/mol. The van der Waals surface area contributed by atoms with Crippen LogP contribution in [0.4, 0.5) is 0 Å². The van der Waals surface area contributed by atoms with Crippen LogP contribution in [0.5, 0.6) is 0 Å². The summed E-state index contributed by atoms with van der Waals surface area (Å²) in [5.74, 6) is -6.19. The molecule has 0 aromatic heterocycles. The van der Waals surface area contributed by atoms with Crippen LogP contribution in [-0.4, -0.2) is 23.1 Å². The lowest BCUT2D eigenvalue weighted by atomic mass is 9.72. The van der Waals surface area contributed by atoms with Gasteiger partial charge in [-0.15, -0.1) is 0 Å². The SMILES string of the molecule is O=C1C(=O)C(c2ccc3ccccc3c2)C(=O)C(=O)C1c1ccc(Cl)cc1. The molecule has 0 unspecified atom stereocenters. The summed E-state index contributed by atoms with van der Waals surface area (Å²) in [4.78, 5) is 50.8. The van der Waals surface area contributed by atoms with Crippen LogP contribution in [0.15, 0.2) is 66.7 Å². The van der Waals surface area contributed by atoms with E-state index in [1.54, 1.807) is 18.2 Å². The lowest BCUT2D eigenvalue weighted by Gasteiger charge is -2.24. The lowest BCUT2D eigenvalue weighted by molar-refractivity contribution is -0.151. The number of halogens is 1. The van der Waals surface area contributed by atoms with Crippen molar-refractivity contribution in [3.05, 3.63) is 82.9 Å². The Hall–Kier alpha value is -3.11. The van der Waals surface area contributed by atoms with Gasteiger partial charge >= 0.3 is 0 Å².